The van der Waals surface area contributed by atoms with E-state index >= 15 is 0 Å². The van der Waals surface area contributed by atoms with Crippen molar-refractivity contribution in [2.45, 2.75) is 6.10 Å². The molecule has 0 saturated carbocycles. The van der Waals surface area contributed by atoms with Crippen LogP contribution in [0.25, 0.3) is 0 Å². The minimum Gasteiger partial charge on any atom is -0.425 e. The summed E-state index contributed by atoms with van der Waals surface area (Å²) in [5.41, 5.74) is 5.94. The molecule has 6 heteroatoms. The fourth-order valence-electron chi connectivity index (χ4n) is 1.04. The molecule has 0 fully saturated rings. The Hall–Kier alpha value is -2.57. The second kappa shape index (κ2) is 5.50. The monoisotopic (exact) mass is 231 g/mol. The van der Waals surface area contributed by atoms with Gasteiger partial charge < -0.3 is 15.6 Å². The van der Waals surface area contributed by atoms with E-state index in [2.05, 4.69) is 0 Å². The average Bonchev–Trinajstić information content (AvgIpc) is 2.32. The highest BCUT2D eigenvalue weighted by Crippen LogP contribution is 2.15. The van der Waals surface area contributed by atoms with E-state index in [9.17, 15) is 4.79 Å². The summed E-state index contributed by atoms with van der Waals surface area (Å²) >= 11 is 0. The summed E-state index contributed by atoms with van der Waals surface area (Å²) in [6.07, 6.45) is -1.71. The number of anilines is 1. The van der Waals surface area contributed by atoms with Crippen molar-refractivity contribution < 1.29 is 14.6 Å². The van der Waals surface area contributed by atoms with Crippen molar-refractivity contribution in [3.8, 4) is 17.9 Å². The highest BCUT2D eigenvalue weighted by Gasteiger charge is 2.28. The largest absolute Gasteiger partial charge is 0.425 e. The second-order valence-electron chi connectivity index (χ2n) is 3.17. The Balaban J connectivity index is 2.76. The highest BCUT2D eigenvalue weighted by atomic mass is 16.5. The molecule has 17 heavy (non-hydrogen) atoms. The number of aliphatic hydroxyl groups is 1. The predicted molar refractivity (Wildman–Crippen MR) is 57.2 cm³/mol. The first kappa shape index (κ1) is 12.5. The Morgan fingerprint density at radius 2 is 1.88 bits per heavy atom. The first-order valence-corrected chi connectivity index (χ1v) is 4.63. The summed E-state index contributed by atoms with van der Waals surface area (Å²) in [6.45, 7) is 0. The van der Waals surface area contributed by atoms with Crippen LogP contribution in [0, 0.1) is 28.6 Å². The smallest absolute Gasteiger partial charge is 0.332 e. The van der Waals surface area contributed by atoms with E-state index < -0.39 is 18.0 Å². The number of nitrogens with two attached hydrogens (primary N) is 1. The van der Waals surface area contributed by atoms with Crippen LogP contribution in [0.3, 0.4) is 0 Å². The van der Waals surface area contributed by atoms with E-state index in [1.165, 1.54) is 36.4 Å². The third kappa shape index (κ3) is 3.20. The van der Waals surface area contributed by atoms with E-state index in [1.807, 2.05) is 0 Å². The number of esters is 1. The summed E-state index contributed by atoms with van der Waals surface area (Å²) < 4.78 is 4.82. The quantitative estimate of drug-likeness (QED) is 0.332. The second-order valence-corrected chi connectivity index (χ2v) is 3.17. The van der Waals surface area contributed by atoms with Gasteiger partial charge in [-0.1, -0.05) is 0 Å². The highest BCUT2D eigenvalue weighted by molar-refractivity contribution is 5.78. The normalized spacial score (nSPS) is 12.9. The van der Waals surface area contributed by atoms with Gasteiger partial charge in [0.05, 0.1) is 12.1 Å². The molecule has 0 amide bonds. The molecule has 0 spiro atoms. The van der Waals surface area contributed by atoms with Crippen molar-refractivity contribution >= 4 is 11.7 Å². The molecular weight excluding hydrogens is 222 g/mol. The van der Waals surface area contributed by atoms with E-state index in [0.29, 0.717) is 5.69 Å². The van der Waals surface area contributed by atoms with Crippen molar-refractivity contribution in [3.63, 3.8) is 0 Å². The molecule has 0 heterocycles. The van der Waals surface area contributed by atoms with Gasteiger partial charge in [-0.25, -0.2) is 0 Å². The van der Waals surface area contributed by atoms with Crippen LogP contribution >= 0.6 is 0 Å². The van der Waals surface area contributed by atoms with Crippen molar-refractivity contribution in [2.24, 2.45) is 5.92 Å². The van der Waals surface area contributed by atoms with Gasteiger partial charge in [0.1, 0.15) is 5.75 Å². The molecule has 1 aromatic rings. The van der Waals surface area contributed by atoms with Crippen molar-refractivity contribution in [3.05, 3.63) is 24.3 Å². The van der Waals surface area contributed by atoms with E-state index in [1.54, 1.807) is 0 Å². The van der Waals surface area contributed by atoms with E-state index in [4.69, 9.17) is 26.1 Å². The van der Waals surface area contributed by atoms with Gasteiger partial charge >= 0.3 is 5.97 Å². The molecule has 0 aliphatic rings. The number of nitrogen functional groups attached to an aromatic ring is 1. The van der Waals surface area contributed by atoms with Crippen LogP contribution in [0.5, 0.6) is 5.75 Å². The summed E-state index contributed by atoms with van der Waals surface area (Å²) in [5.74, 6) is -2.32. The molecule has 2 atom stereocenters. The molecule has 2 unspecified atom stereocenters. The maximum absolute atomic E-state index is 11.4. The summed E-state index contributed by atoms with van der Waals surface area (Å²) in [5, 5.41) is 26.2. The molecule has 86 valence electrons. The Bertz CT molecular complexity index is 484. The van der Waals surface area contributed by atoms with Gasteiger partial charge in [0, 0.05) is 5.69 Å². The van der Waals surface area contributed by atoms with Crippen LogP contribution in [0.15, 0.2) is 24.3 Å². The molecule has 0 radical (unpaired) electrons. The van der Waals surface area contributed by atoms with Gasteiger partial charge in [0.2, 0.25) is 0 Å². The number of nitrogens with zero attached hydrogens (tertiary/aromatic N) is 2. The Morgan fingerprint density at radius 1 is 1.29 bits per heavy atom. The average molecular weight is 231 g/mol. The zero-order valence-electron chi connectivity index (χ0n) is 8.70. The number of carbonyl (C=O) groups is 1. The number of hydrogen-bond donors (Lipinski definition) is 2. The number of rotatable bonds is 3. The van der Waals surface area contributed by atoms with Gasteiger partial charge in [0.25, 0.3) is 0 Å². The van der Waals surface area contributed by atoms with Gasteiger partial charge in [-0.3, -0.25) is 4.79 Å². The minimum atomic E-state index is -1.71. The van der Waals surface area contributed by atoms with E-state index in [0.717, 1.165) is 0 Å². The van der Waals surface area contributed by atoms with Crippen molar-refractivity contribution in [1.29, 1.82) is 10.5 Å². The number of carbonyl (C=O) groups excluding carboxylic acids is 1. The molecule has 0 aromatic heterocycles. The summed E-state index contributed by atoms with van der Waals surface area (Å²) in [4.78, 5) is 11.4. The lowest BCUT2D eigenvalue weighted by molar-refractivity contribution is -0.139. The summed E-state index contributed by atoms with van der Waals surface area (Å²) in [7, 11) is 0. The first-order chi connectivity index (χ1) is 8.08. The number of benzene rings is 1. The third-order valence-electron chi connectivity index (χ3n) is 1.94. The number of aliphatic hydroxyl groups excluding tert-OH is 1. The molecule has 1 rings (SSSR count). The van der Waals surface area contributed by atoms with Gasteiger partial charge in [-0.15, -0.1) is 0 Å². The number of nitriles is 2. The van der Waals surface area contributed by atoms with Gasteiger partial charge in [-0.05, 0) is 24.3 Å². The molecule has 3 N–H and O–H groups in total. The Labute approximate surface area is 97.5 Å². The maximum atomic E-state index is 11.4. The minimum absolute atomic E-state index is 0.189. The van der Waals surface area contributed by atoms with Crippen LogP contribution in [0.2, 0.25) is 0 Å². The van der Waals surface area contributed by atoms with Crippen LogP contribution in [0.4, 0.5) is 5.69 Å². The maximum Gasteiger partial charge on any atom is 0.332 e. The zero-order valence-corrected chi connectivity index (χ0v) is 8.70. The lowest BCUT2D eigenvalue weighted by Gasteiger charge is -2.09. The molecular formula is C11H9N3O3. The van der Waals surface area contributed by atoms with Crippen LogP contribution < -0.4 is 10.5 Å². The Kier molecular flexibility index (Phi) is 4.04. The lowest BCUT2D eigenvalue weighted by Crippen LogP contribution is -2.29. The fraction of sp³-hybridized carbons (Fsp3) is 0.182. The Morgan fingerprint density at radius 3 is 2.35 bits per heavy atom. The number of ether oxygens (including phenoxy) is 1. The fourth-order valence-corrected chi connectivity index (χ4v) is 1.04. The van der Waals surface area contributed by atoms with Crippen LogP contribution in [-0.4, -0.2) is 17.2 Å². The predicted octanol–water partition coefficient (Wildman–Crippen LogP) is 0.198. The molecule has 0 aliphatic heterocycles. The van der Waals surface area contributed by atoms with Crippen LogP contribution in [-0.2, 0) is 4.79 Å². The third-order valence-corrected chi connectivity index (χ3v) is 1.94. The molecule has 0 bridgehead atoms. The van der Waals surface area contributed by atoms with Gasteiger partial charge in [-0.2, -0.15) is 10.5 Å². The van der Waals surface area contributed by atoms with Crippen molar-refractivity contribution in [1.82, 2.24) is 0 Å². The SMILES string of the molecule is N#CC(O)C(C#N)C(=O)Oc1ccc(N)cc1. The standard InChI is InChI=1S/C11H9N3O3/c12-5-9(10(15)6-13)11(16)17-8-3-1-7(14)2-4-8/h1-4,9-10,15H,14H2. The van der Waals surface area contributed by atoms with Crippen LogP contribution in [0.1, 0.15) is 0 Å². The molecule has 0 aliphatic carbocycles. The summed E-state index contributed by atoms with van der Waals surface area (Å²) in [6, 6.07) is 8.84. The topological polar surface area (TPSA) is 120 Å². The number of hydrogen-bond acceptors (Lipinski definition) is 6. The molecule has 0 saturated heterocycles. The van der Waals surface area contributed by atoms with Gasteiger partial charge in [0.15, 0.2) is 12.0 Å². The molecule has 1 aromatic carbocycles. The molecule has 6 nitrogen and oxygen atoms in total. The lowest BCUT2D eigenvalue weighted by atomic mass is 10.1. The van der Waals surface area contributed by atoms with Crippen molar-refractivity contribution in [2.75, 3.05) is 5.73 Å². The first-order valence-electron chi connectivity index (χ1n) is 4.63. The van der Waals surface area contributed by atoms with E-state index in [-0.39, 0.29) is 5.75 Å². The zero-order chi connectivity index (χ0) is 12.8.